The molecule has 0 aliphatic carbocycles. The molecule has 0 radical (unpaired) electrons. The summed E-state index contributed by atoms with van der Waals surface area (Å²) in [4.78, 5) is 1.75. The van der Waals surface area contributed by atoms with Crippen LogP contribution in [0.4, 0.5) is 6.01 Å². The summed E-state index contributed by atoms with van der Waals surface area (Å²) in [7, 11) is 3.69. The summed E-state index contributed by atoms with van der Waals surface area (Å²) in [6.07, 6.45) is 0.627. The van der Waals surface area contributed by atoms with Gasteiger partial charge >= 0.3 is 6.01 Å². The first-order valence-electron chi connectivity index (χ1n) is 3.29. The molecule has 0 aliphatic heterocycles. The van der Waals surface area contributed by atoms with Crippen LogP contribution in [-0.4, -0.2) is 30.2 Å². The molecule has 0 aromatic carbocycles. The molecule has 0 fully saturated rings. The number of aromatic nitrogens is 2. The largest absolute Gasteiger partial charge is 0.408 e. The fourth-order valence-corrected chi connectivity index (χ4v) is 0.769. The number of nitrogens with zero attached hydrogens (tertiary/aromatic N) is 3. The molecular formula is C6H10ClN3O. The SMILES string of the molecule is CN(C)c1nnc(CCCl)o1. The lowest BCUT2D eigenvalue weighted by molar-refractivity contribution is 0.502. The summed E-state index contributed by atoms with van der Waals surface area (Å²) < 4.78 is 5.20. The van der Waals surface area contributed by atoms with Crippen molar-refractivity contribution in [3.05, 3.63) is 5.89 Å². The molecule has 11 heavy (non-hydrogen) atoms. The first-order valence-corrected chi connectivity index (χ1v) is 3.83. The van der Waals surface area contributed by atoms with Gasteiger partial charge in [0.25, 0.3) is 0 Å². The maximum Gasteiger partial charge on any atom is 0.317 e. The van der Waals surface area contributed by atoms with Crippen LogP contribution in [0.5, 0.6) is 0 Å². The number of hydrogen-bond donors (Lipinski definition) is 0. The summed E-state index contributed by atoms with van der Waals surface area (Å²) in [5, 5.41) is 7.57. The lowest BCUT2D eigenvalue weighted by Gasteiger charge is -2.02. The Morgan fingerprint density at radius 3 is 2.64 bits per heavy atom. The lowest BCUT2D eigenvalue weighted by atomic mass is 10.5. The van der Waals surface area contributed by atoms with Gasteiger partial charge < -0.3 is 9.32 Å². The molecule has 62 valence electrons. The van der Waals surface area contributed by atoms with Crippen molar-refractivity contribution in [2.75, 3.05) is 24.9 Å². The molecule has 1 rings (SSSR count). The topological polar surface area (TPSA) is 42.2 Å². The number of alkyl halides is 1. The van der Waals surface area contributed by atoms with Crippen molar-refractivity contribution in [2.24, 2.45) is 0 Å². The van der Waals surface area contributed by atoms with E-state index in [4.69, 9.17) is 16.0 Å². The quantitative estimate of drug-likeness (QED) is 0.641. The van der Waals surface area contributed by atoms with Gasteiger partial charge in [-0.05, 0) is 0 Å². The average Bonchev–Trinajstić information content (AvgIpc) is 2.37. The van der Waals surface area contributed by atoms with Crippen LogP contribution >= 0.6 is 11.6 Å². The van der Waals surface area contributed by atoms with Crippen molar-refractivity contribution in [3.63, 3.8) is 0 Å². The highest BCUT2D eigenvalue weighted by Gasteiger charge is 2.05. The molecule has 1 aromatic rings. The van der Waals surface area contributed by atoms with Crippen molar-refractivity contribution < 1.29 is 4.42 Å². The van der Waals surface area contributed by atoms with Gasteiger partial charge in [0.2, 0.25) is 5.89 Å². The molecule has 0 aliphatic rings. The first kappa shape index (κ1) is 8.33. The molecule has 0 unspecified atom stereocenters. The van der Waals surface area contributed by atoms with Crippen molar-refractivity contribution in [2.45, 2.75) is 6.42 Å². The van der Waals surface area contributed by atoms with E-state index < -0.39 is 0 Å². The molecular weight excluding hydrogens is 166 g/mol. The average molecular weight is 176 g/mol. The first-order chi connectivity index (χ1) is 5.24. The Bertz CT molecular complexity index is 223. The molecule has 4 nitrogen and oxygen atoms in total. The van der Waals surface area contributed by atoms with Gasteiger partial charge in [0.15, 0.2) is 0 Å². The van der Waals surface area contributed by atoms with Crippen molar-refractivity contribution in [1.82, 2.24) is 10.2 Å². The Kier molecular flexibility index (Phi) is 2.70. The highest BCUT2D eigenvalue weighted by atomic mass is 35.5. The van der Waals surface area contributed by atoms with Gasteiger partial charge in [-0.3, -0.25) is 0 Å². The summed E-state index contributed by atoms with van der Waals surface area (Å²) in [5.41, 5.74) is 0. The number of hydrogen-bond acceptors (Lipinski definition) is 4. The van der Waals surface area contributed by atoms with Crippen LogP contribution in [0.15, 0.2) is 4.42 Å². The Hall–Kier alpha value is -0.770. The zero-order valence-electron chi connectivity index (χ0n) is 6.54. The summed E-state index contributed by atoms with van der Waals surface area (Å²) in [6, 6.07) is 0.519. The third-order valence-corrected chi connectivity index (χ3v) is 1.34. The third-order valence-electron chi connectivity index (χ3n) is 1.15. The second kappa shape index (κ2) is 3.57. The standard InChI is InChI=1S/C6H10ClN3O/c1-10(2)6-9-8-5(11-6)3-4-7/h3-4H2,1-2H3. The van der Waals surface area contributed by atoms with E-state index in [1.807, 2.05) is 14.1 Å². The minimum atomic E-state index is 0.509. The predicted molar refractivity (Wildman–Crippen MR) is 43.0 cm³/mol. The van der Waals surface area contributed by atoms with Crippen molar-refractivity contribution in [3.8, 4) is 0 Å². The van der Waals surface area contributed by atoms with Crippen LogP contribution in [0.2, 0.25) is 0 Å². The monoisotopic (exact) mass is 175 g/mol. The normalized spacial score (nSPS) is 10.1. The fourth-order valence-electron chi connectivity index (χ4n) is 0.607. The maximum atomic E-state index is 5.48. The van der Waals surface area contributed by atoms with Gasteiger partial charge in [0, 0.05) is 26.4 Å². The van der Waals surface area contributed by atoms with E-state index in [-0.39, 0.29) is 0 Å². The molecule has 0 saturated carbocycles. The molecule has 0 amide bonds. The van der Waals surface area contributed by atoms with Gasteiger partial charge in [0.1, 0.15) is 0 Å². The lowest BCUT2D eigenvalue weighted by Crippen LogP contribution is -2.08. The highest BCUT2D eigenvalue weighted by molar-refractivity contribution is 6.17. The number of halogens is 1. The Labute approximate surface area is 70.2 Å². The number of anilines is 1. The minimum absolute atomic E-state index is 0.509. The van der Waals surface area contributed by atoms with E-state index >= 15 is 0 Å². The molecule has 0 saturated heterocycles. The van der Waals surface area contributed by atoms with Gasteiger partial charge in [-0.2, -0.15) is 0 Å². The van der Waals surface area contributed by atoms with Crippen LogP contribution in [0.25, 0.3) is 0 Å². The van der Waals surface area contributed by atoms with Crippen LogP contribution in [0.3, 0.4) is 0 Å². The Balaban J connectivity index is 2.66. The second-order valence-electron chi connectivity index (χ2n) is 2.31. The maximum absolute atomic E-state index is 5.48. The Morgan fingerprint density at radius 1 is 1.45 bits per heavy atom. The summed E-state index contributed by atoms with van der Waals surface area (Å²) in [5.74, 6) is 1.10. The molecule has 1 aromatic heterocycles. The zero-order chi connectivity index (χ0) is 8.27. The second-order valence-corrected chi connectivity index (χ2v) is 2.69. The van der Waals surface area contributed by atoms with E-state index in [0.29, 0.717) is 24.2 Å². The zero-order valence-corrected chi connectivity index (χ0v) is 7.30. The van der Waals surface area contributed by atoms with Crippen molar-refractivity contribution >= 4 is 17.6 Å². The van der Waals surface area contributed by atoms with Gasteiger partial charge in [0.05, 0.1) is 0 Å². The molecule has 0 bridgehead atoms. The van der Waals surface area contributed by atoms with Crippen LogP contribution in [0, 0.1) is 0 Å². The highest BCUT2D eigenvalue weighted by Crippen LogP contribution is 2.08. The Morgan fingerprint density at radius 2 is 2.18 bits per heavy atom. The minimum Gasteiger partial charge on any atom is -0.408 e. The van der Waals surface area contributed by atoms with Gasteiger partial charge in [-0.15, -0.1) is 16.7 Å². The van der Waals surface area contributed by atoms with E-state index in [1.54, 1.807) is 4.90 Å². The van der Waals surface area contributed by atoms with E-state index in [2.05, 4.69) is 10.2 Å². The van der Waals surface area contributed by atoms with Crippen LogP contribution in [0.1, 0.15) is 5.89 Å². The third kappa shape index (κ3) is 2.08. The van der Waals surface area contributed by atoms with Gasteiger partial charge in [-0.1, -0.05) is 5.10 Å². The predicted octanol–water partition coefficient (Wildman–Crippen LogP) is 0.917. The molecule has 1 heterocycles. The molecule has 0 spiro atoms. The fraction of sp³-hybridized carbons (Fsp3) is 0.667. The summed E-state index contributed by atoms with van der Waals surface area (Å²) >= 11 is 5.48. The van der Waals surface area contributed by atoms with Crippen LogP contribution in [-0.2, 0) is 6.42 Å². The molecule has 5 heteroatoms. The summed E-state index contributed by atoms with van der Waals surface area (Å²) in [6.45, 7) is 0. The van der Waals surface area contributed by atoms with E-state index in [0.717, 1.165) is 0 Å². The molecule has 0 N–H and O–H groups in total. The molecule has 0 atom stereocenters. The number of aryl methyl sites for hydroxylation is 1. The van der Waals surface area contributed by atoms with Crippen LogP contribution < -0.4 is 4.90 Å². The van der Waals surface area contributed by atoms with E-state index in [1.165, 1.54) is 0 Å². The van der Waals surface area contributed by atoms with E-state index in [9.17, 15) is 0 Å². The number of rotatable bonds is 3. The van der Waals surface area contributed by atoms with Crippen molar-refractivity contribution in [1.29, 1.82) is 0 Å². The van der Waals surface area contributed by atoms with Gasteiger partial charge in [-0.25, -0.2) is 0 Å². The smallest absolute Gasteiger partial charge is 0.317 e.